The van der Waals surface area contributed by atoms with Crippen molar-refractivity contribution in [1.82, 2.24) is 4.90 Å². The molecule has 0 saturated heterocycles. The van der Waals surface area contributed by atoms with Crippen LogP contribution in [0.4, 0.5) is 4.79 Å². The SMILES string of the molecule is C/C=C(\c1ccc(SC(=O)N(C)C)cc1)c1ccc2c(c1)C(C)(C)CCC2(C)C. The highest BCUT2D eigenvalue weighted by atomic mass is 32.2. The van der Waals surface area contributed by atoms with Crippen molar-refractivity contribution in [1.29, 1.82) is 0 Å². The summed E-state index contributed by atoms with van der Waals surface area (Å²) >= 11 is 1.26. The number of hydrogen-bond donors (Lipinski definition) is 0. The van der Waals surface area contributed by atoms with E-state index in [0.29, 0.717) is 0 Å². The molecule has 0 radical (unpaired) electrons. The van der Waals surface area contributed by atoms with Gasteiger partial charge in [0.25, 0.3) is 5.24 Å². The second-order valence-corrected chi connectivity index (χ2v) is 10.5. The van der Waals surface area contributed by atoms with Crippen LogP contribution in [0.25, 0.3) is 5.57 Å². The van der Waals surface area contributed by atoms with Gasteiger partial charge in [0, 0.05) is 19.0 Å². The van der Waals surface area contributed by atoms with Gasteiger partial charge in [0.1, 0.15) is 0 Å². The molecule has 0 saturated carbocycles. The van der Waals surface area contributed by atoms with Crippen LogP contribution < -0.4 is 0 Å². The predicted octanol–water partition coefficient (Wildman–Crippen LogP) is 7.26. The lowest BCUT2D eigenvalue weighted by Gasteiger charge is -2.42. The molecule has 2 aromatic rings. The summed E-state index contributed by atoms with van der Waals surface area (Å²) in [5.74, 6) is 0. The van der Waals surface area contributed by atoms with Crippen LogP contribution in [0.1, 0.15) is 69.7 Å². The second-order valence-electron chi connectivity index (χ2n) is 9.52. The molecular weight excluding hydrogens is 374 g/mol. The van der Waals surface area contributed by atoms with E-state index in [2.05, 4.69) is 71.0 Å². The summed E-state index contributed by atoms with van der Waals surface area (Å²) < 4.78 is 0. The van der Waals surface area contributed by atoms with Gasteiger partial charge in [0.2, 0.25) is 0 Å². The number of fused-ring (bicyclic) bond motifs is 1. The van der Waals surface area contributed by atoms with Gasteiger partial charge in [-0.25, -0.2) is 0 Å². The number of benzene rings is 2. The highest BCUT2D eigenvalue weighted by molar-refractivity contribution is 8.13. The van der Waals surface area contributed by atoms with E-state index in [1.165, 1.54) is 52.4 Å². The lowest BCUT2D eigenvalue weighted by molar-refractivity contribution is 0.241. The van der Waals surface area contributed by atoms with Crippen LogP contribution in [0.15, 0.2) is 53.4 Å². The zero-order valence-corrected chi connectivity index (χ0v) is 19.6. The average molecular weight is 408 g/mol. The van der Waals surface area contributed by atoms with Gasteiger partial charge < -0.3 is 4.90 Å². The van der Waals surface area contributed by atoms with Crippen LogP contribution in [0, 0.1) is 0 Å². The van der Waals surface area contributed by atoms with Crippen molar-refractivity contribution < 1.29 is 4.79 Å². The maximum absolute atomic E-state index is 11.9. The molecule has 0 aliphatic heterocycles. The Morgan fingerprint density at radius 1 is 0.897 bits per heavy atom. The van der Waals surface area contributed by atoms with Crippen molar-refractivity contribution in [3.05, 3.63) is 70.8 Å². The summed E-state index contributed by atoms with van der Waals surface area (Å²) in [5.41, 5.74) is 7.09. The Labute approximate surface area is 180 Å². The van der Waals surface area contributed by atoms with Gasteiger partial charge in [-0.3, -0.25) is 4.79 Å². The number of carbonyl (C=O) groups excluding carboxylic acids is 1. The van der Waals surface area contributed by atoms with Crippen molar-refractivity contribution in [2.75, 3.05) is 14.1 Å². The highest BCUT2D eigenvalue weighted by Crippen LogP contribution is 2.46. The maximum Gasteiger partial charge on any atom is 0.285 e. The summed E-state index contributed by atoms with van der Waals surface area (Å²) in [5, 5.41) is 0.0449. The molecule has 1 aliphatic carbocycles. The fraction of sp³-hybridized carbons (Fsp3) is 0.423. The molecule has 29 heavy (non-hydrogen) atoms. The fourth-order valence-corrected chi connectivity index (χ4v) is 4.81. The molecule has 1 aliphatic rings. The molecule has 3 heteroatoms. The Hall–Kier alpha value is -2.00. The molecule has 0 heterocycles. The van der Waals surface area contributed by atoms with Crippen molar-refractivity contribution in [2.24, 2.45) is 0 Å². The van der Waals surface area contributed by atoms with Gasteiger partial charge in [-0.1, -0.05) is 64.1 Å². The Bertz CT molecular complexity index is 936. The zero-order valence-electron chi connectivity index (χ0n) is 18.8. The van der Waals surface area contributed by atoms with Gasteiger partial charge >= 0.3 is 0 Å². The number of nitrogens with zero attached hydrogens (tertiary/aromatic N) is 1. The van der Waals surface area contributed by atoms with Gasteiger partial charge in [-0.05, 0) is 82.3 Å². The summed E-state index contributed by atoms with van der Waals surface area (Å²) in [7, 11) is 3.56. The Kier molecular flexibility index (Phi) is 6.01. The van der Waals surface area contributed by atoms with Gasteiger partial charge in [-0.15, -0.1) is 0 Å². The zero-order chi connectivity index (χ0) is 21.4. The third kappa shape index (κ3) is 4.45. The van der Waals surface area contributed by atoms with Gasteiger partial charge in [0.05, 0.1) is 0 Å². The first-order valence-electron chi connectivity index (χ1n) is 10.4. The number of hydrogen-bond acceptors (Lipinski definition) is 2. The quantitative estimate of drug-likeness (QED) is 0.499. The fourth-order valence-electron chi connectivity index (χ4n) is 4.15. The van der Waals surface area contributed by atoms with E-state index in [9.17, 15) is 4.79 Å². The smallest absolute Gasteiger partial charge is 0.285 e. The van der Waals surface area contributed by atoms with E-state index in [-0.39, 0.29) is 16.1 Å². The summed E-state index contributed by atoms with van der Waals surface area (Å²) in [6.45, 7) is 11.6. The number of allylic oxidation sites excluding steroid dienone is 1. The molecule has 0 N–H and O–H groups in total. The van der Waals surface area contributed by atoms with E-state index in [1.54, 1.807) is 19.0 Å². The Morgan fingerprint density at radius 2 is 1.45 bits per heavy atom. The molecular formula is C26H33NOS. The minimum absolute atomic E-state index is 0.0449. The van der Waals surface area contributed by atoms with E-state index < -0.39 is 0 Å². The second kappa shape index (κ2) is 8.02. The third-order valence-electron chi connectivity index (χ3n) is 6.19. The number of carbonyl (C=O) groups is 1. The maximum atomic E-state index is 11.9. The van der Waals surface area contributed by atoms with E-state index >= 15 is 0 Å². The molecule has 0 unspecified atom stereocenters. The number of amides is 1. The van der Waals surface area contributed by atoms with E-state index in [4.69, 9.17) is 0 Å². The molecule has 0 spiro atoms. The van der Waals surface area contributed by atoms with Crippen LogP contribution in [0.5, 0.6) is 0 Å². The van der Waals surface area contributed by atoms with Crippen molar-refractivity contribution in [3.8, 4) is 0 Å². The first-order chi connectivity index (χ1) is 13.5. The van der Waals surface area contributed by atoms with Crippen LogP contribution in [0.2, 0.25) is 0 Å². The first kappa shape index (κ1) is 21.7. The minimum Gasteiger partial charge on any atom is -0.339 e. The average Bonchev–Trinajstić information content (AvgIpc) is 2.67. The summed E-state index contributed by atoms with van der Waals surface area (Å²) in [6.07, 6.45) is 4.64. The van der Waals surface area contributed by atoms with Crippen molar-refractivity contribution in [2.45, 2.75) is 63.2 Å². The Balaban J connectivity index is 1.95. The highest BCUT2D eigenvalue weighted by Gasteiger charge is 2.37. The molecule has 0 fully saturated rings. The summed E-state index contributed by atoms with van der Waals surface area (Å²) in [6, 6.07) is 15.3. The molecule has 0 aromatic heterocycles. The number of thioether (sulfide) groups is 1. The van der Waals surface area contributed by atoms with E-state index in [1.807, 2.05) is 12.1 Å². The predicted molar refractivity (Wildman–Crippen MR) is 126 cm³/mol. The van der Waals surface area contributed by atoms with Crippen molar-refractivity contribution in [3.63, 3.8) is 0 Å². The molecule has 154 valence electrons. The molecule has 2 aromatic carbocycles. The van der Waals surface area contributed by atoms with Crippen LogP contribution in [-0.2, 0) is 10.8 Å². The Morgan fingerprint density at radius 3 is 2.00 bits per heavy atom. The molecule has 0 atom stereocenters. The molecule has 2 nitrogen and oxygen atoms in total. The van der Waals surface area contributed by atoms with Crippen LogP contribution in [-0.4, -0.2) is 24.2 Å². The summed E-state index contributed by atoms with van der Waals surface area (Å²) in [4.78, 5) is 14.5. The van der Waals surface area contributed by atoms with E-state index in [0.717, 1.165) is 4.90 Å². The largest absolute Gasteiger partial charge is 0.339 e. The standard InChI is InChI=1S/C26H33NOS/c1-8-21(18-9-12-20(13-10-18)29-24(28)27(6)7)19-11-14-22-23(17-19)26(4,5)16-15-25(22,2)3/h8-14,17H,15-16H2,1-7H3/b21-8+. The minimum atomic E-state index is 0.0449. The van der Waals surface area contributed by atoms with Gasteiger partial charge in [-0.2, -0.15) is 0 Å². The third-order valence-corrected chi connectivity index (χ3v) is 7.24. The van der Waals surface area contributed by atoms with Crippen LogP contribution in [0.3, 0.4) is 0 Å². The van der Waals surface area contributed by atoms with Gasteiger partial charge in [0.15, 0.2) is 0 Å². The first-order valence-corrected chi connectivity index (χ1v) is 11.2. The number of rotatable bonds is 3. The molecule has 1 amide bonds. The van der Waals surface area contributed by atoms with Crippen LogP contribution >= 0.6 is 11.8 Å². The lowest BCUT2D eigenvalue weighted by Crippen LogP contribution is -2.33. The van der Waals surface area contributed by atoms with Crippen molar-refractivity contribution >= 4 is 22.6 Å². The monoisotopic (exact) mass is 407 g/mol. The molecule has 0 bridgehead atoms. The molecule has 3 rings (SSSR count). The lowest BCUT2D eigenvalue weighted by atomic mass is 9.63. The normalized spacial score (nSPS) is 17.6. The topological polar surface area (TPSA) is 20.3 Å².